The highest BCUT2D eigenvalue weighted by Gasteiger charge is 2.20. The van der Waals surface area contributed by atoms with Gasteiger partial charge >= 0.3 is 0 Å². The molecule has 0 fully saturated rings. The van der Waals surface area contributed by atoms with Crippen LogP contribution in [0.3, 0.4) is 0 Å². The molecular formula is C17H17N3O2S. The molecule has 0 spiro atoms. The van der Waals surface area contributed by atoms with Crippen LogP contribution in [0.25, 0.3) is 5.69 Å². The minimum atomic E-state index is -3.52. The molecule has 6 heteroatoms. The Balaban J connectivity index is 1.81. The second-order valence-corrected chi connectivity index (χ2v) is 7.24. The summed E-state index contributed by atoms with van der Waals surface area (Å²) in [6.45, 7) is 0.337. The molecule has 3 aromatic rings. The minimum absolute atomic E-state index is 0.270. The van der Waals surface area contributed by atoms with Crippen molar-refractivity contribution < 1.29 is 8.42 Å². The van der Waals surface area contributed by atoms with Crippen molar-refractivity contribution in [3.63, 3.8) is 0 Å². The molecule has 1 aromatic heterocycles. The van der Waals surface area contributed by atoms with Crippen LogP contribution in [0.1, 0.15) is 5.56 Å². The Bertz CT molecular complexity index is 858. The van der Waals surface area contributed by atoms with Gasteiger partial charge in [0.25, 0.3) is 0 Å². The van der Waals surface area contributed by atoms with Crippen LogP contribution in [-0.4, -0.2) is 29.6 Å². The smallest absolute Gasteiger partial charge is 0.241 e. The summed E-state index contributed by atoms with van der Waals surface area (Å²) in [4.78, 5) is 0.270. The average Bonchev–Trinajstić information content (AvgIpc) is 3.10. The average molecular weight is 327 g/mol. The van der Waals surface area contributed by atoms with E-state index >= 15 is 0 Å². The van der Waals surface area contributed by atoms with Gasteiger partial charge < -0.3 is 0 Å². The van der Waals surface area contributed by atoms with Gasteiger partial charge in [-0.05, 0) is 35.9 Å². The van der Waals surface area contributed by atoms with Gasteiger partial charge in [-0.2, -0.15) is 9.40 Å². The second-order valence-electron chi connectivity index (χ2n) is 5.19. The van der Waals surface area contributed by atoms with E-state index < -0.39 is 10.0 Å². The first-order valence-corrected chi connectivity index (χ1v) is 8.62. The van der Waals surface area contributed by atoms with Gasteiger partial charge in [0.15, 0.2) is 0 Å². The maximum Gasteiger partial charge on any atom is 0.243 e. The zero-order valence-corrected chi connectivity index (χ0v) is 13.5. The minimum Gasteiger partial charge on any atom is -0.241 e. The molecule has 0 amide bonds. The molecule has 0 saturated heterocycles. The quantitative estimate of drug-likeness (QED) is 0.724. The normalized spacial score (nSPS) is 11.7. The standard InChI is InChI=1S/C17H17N3O2S/c1-19(14-15-6-3-2-4-7-15)23(21,22)17-10-8-16(9-11-17)20-13-5-12-18-20/h2-13H,14H2,1H3. The van der Waals surface area contributed by atoms with Gasteiger partial charge in [0, 0.05) is 26.0 Å². The lowest BCUT2D eigenvalue weighted by Gasteiger charge is -2.17. The van der Waals surface area contributed by atoms with Crippen molar-refractivity contribution in [2.45, 2.75) is 11.4 Å². The van der Waals surface area contributed by atoms with E-state index in [2.05, 4.69) is 5.10 Å². The molecule has 0 unspecified atom stereocenters. The van der Waals surface area contributed by atoms with Crippen molar-refractivity contribution >= 4 is 10.0 Å². The topological polar surface area (TPSA) is 55.2 Å². The van der Waals surface area contributed by atoms with E-state index in [1.807, 2.05) is 42.6 Å². The lowest BCUT2D eigenvalue weighted by atomic mass is 10.2. The molecule has 23 heavy (non-hydrogen) atoms. The first-order chi connectivity index (χ1) is 11.1. The molecule has 0 aliphatic rings. The van der Waals surface area contributed by atoms with E-state index in [0.717, 1.165) is 11.3 Å². The van der Waals surface area contributed by atoms with Crippen LogP contribution in [-0.2, 0) is 16.6 Å². The van der Waals surface area contributed by atoms with Gasteiger partial charge in [0.1, 0.15) is 0 Å². The van der Waals surface area contributed by atoms with Crippen LogP contribution in [0.15, 0.2) is 78.0 Å². The highest BCUT2D eigenvalue weighted by molar-refractivity contribution is 7.89. The van der Waals surface area contributed by atoms with E-state index in [0.29, 0.717) is 6.54 Å². The largest absolute Gasteiger partial charge is 0.243 e. The summed E-state index contributed by atoms with van der Waals surface area (Å²) in [5.41, 5.74) is 1.77. The zero-order valence-electron chi connectivity index (χ0n) is 12.7. The molecule has 1 heterocycles. The summed E-state index contributed by atoms with van der Waals surface area (Å²) < 4.78 is 28.3. The van der Waals surface area contributed by atoms with E-state index in [-0.39, 0.29) is 4.90 Å². The van der Waals surface area contributed by atoms with Crippen LogP contribution < -0.4 is 0 Å². The third kappa shape index (κ3) is 3.33. The molecule has 0 radical (unpaired) electrons. The van der Waals surface area contributed by atoms with Crippen LogP contribution in [0.2, 0.25) is 0 Å². The Kier molecular flexibility index (Phi) is 4.27. The fourth-order valence-electron chi connectivity index (χ4n) is 2.30. The van der Waals surface area contributed by atoms with E-state index in [9.17, 15) is 8.42 Å². The SMILES string of the molecule is CN(Cc1ccccc1)S(=O)(=O)c1ccc(-n2cccn2)cc1. The molecule has 0 aliphatic carbocycles. The van der Waals surface area contributed by atoms with Gasteiger partial charge in [0.2, 0.25) is 10.0 Å². The molecule has 0 bridgehead atoms. The van der Waals surface area contributed by atoms with Crippen LogP contribution in [0, 0.1) is 0 Å². The van der Waals surface area contributed by atoms with Crippen LogP contribution >= 0.6 is 0 Å². The molecule has 118 valence electrons. The van der Waals surface area contributed by atoms with Crippen molar-refractivity contribution in [2.24, 2.45) is 0 Å². The first kappa shape index (κ1) is 15.5. The molecule has 3 rings (SSSR count). The molecule has 5 nitrogen and oxygen atoms in total. The predicted molar refractivity (Wildman–Crippen MR) is 88.7 cm³/mol. The number of sulfonamides is 1. The maximum absolute atomic E-state index is 12.6. The lowest BCUT2D eigenvalue weighted by molar-refractivity contribution is 0.466. The fraction of sp³-hybridized carbons (Fsp3) is 0.118. The Morgan fingerprint density at radius 3 is 2.30 bits per heavy atom. The van der Waals surface area contributed by atoms with Gasteiger partial charge in [-0.1, -0.05) is 30.3 Å². The Morgan fingerprint density at radius 1 is 1.00 bits per heavy atom. The summed E-state index contributed by atoms with van der Waals surface area (Å²) in [6.07, 6.45) is 3.49. The monoisotopic (exact) mass is 327 g/mol. The third-order valence-corrected chi connectivity index (χ3v) is 5.38. The summed E-state index contributed by atoms with van der Waals surface area (Å²) in [5, 5.41) is 4.13. The predicted octanol–water partition coefficient (Wildman–Crippen LogP) is 2.69. The van der Waals surface area contributed by atoms with Crippen molar-refractivity contribution in [3.05, 3.63) is 78.6 Å². The molecular weight excluding hydrogens is 310 g/mol. The van der Waals surface area contributed by atoms with Crippen LogP contribution in [0.5, 0.6) is 0 Å². The Hall–Kier alpha value is -2.44. The summed E-state index contributed by atoms with van der Waals surface area (Å²) in [6, 6.07) is 18.0. The van der Waals surface area contributed by atoms with E-state index in [4.69, 9.17) is 0 Å². The van der Waals surface area contributed by atoms with E-state index in [1.165, 1.54) is 4.31 Å². The molecule has 0 N–H and O–H groups in total. The van der Waals surface area contributed by atoms with Crippen molar-refractivity contribution in [1.82, 2.24) is 14.1 Å². The first-order valence-electron chi connectivity index (χ1n) is 7.18. The summed E-state index contributed by atoms with van der Waals surface area (Å²) in [5.74, 6) is 0. The van der Waals surface area contributed by atoms with Crippen LogP contribution in [0.4, 0.5) is 0 Å². The van der Waals surface area contributed by atoms with E-state index in [1.54, 1.807) is 42.2 Å². The number of benzene rings is 2. The summed E-state index contributed by atoms with van der Waals surface area (Å²) >= 11 is 0. The van der Waals surface area contributed by atoms with Crippen molar-refractivity contribution in [2.75, 3.05) is 7.05 Å². The molecule has 0 atom stereocenters. The molecule has 2 aromatic carbocycles. The van der Waals surface area contributed by atoms with Crippen molar-refractivity contribution in [1.29, 1.82) is 0 Å². The fourth-order valence-corrected chi connectivity index (χ4v) is 3.46. The highest BCUT2D eigenvalue weighted by Crippen LogP contribution is 2.18. The van der Waals surface area contributed by atoms with Gasteiger partial charge in [0.05, 0.1) is 10.6 Å². The van der Waals surface area contributed by atoms with Gasteiger partial charge in [-0.3, -0.25) is 0 Å². The maximum atomic E-state index is 12.6. The number of hydrogen-bond donors (Lipinski definition) is 0. The van der Waals surface area contributed by atoms with Crippen molar-refractivity contribution in [3.8, 4) is 5.69 Å². The third-order valence-electron chi connectivity index (χ3n) is 3.56. The van der Waals surface area contributed by atoms with Gasteiger partial charge in [-0.15, -0.1) is 0 Å². The second kappa shape index (κ2) is 6.36. The number of aromatic nitrogens is 2. The number of hydrogen-bond acceptors (Lipinski definition) is 3. The summed E-state index contributed by atoms with van der Waals surface area (Å²) in [7, 11) is -1.93. The molecule has 0 aliphatic heterocycles. The number of nitrogens with zero attached hydrogens (tertiary/aromatic N) is 3. The zero-order chi connectivity index (χ0) is 16.3. The number of rotatable bonds is 5. The Morgan fingerprint density at radius 2 is 1.70 bits per heavy atom. The van der Waals surface area contributed by atoms with Gasteiger partial charge in [-0.25, -0.2) is 13.1 Å². The lowest BCUT2D eigenvalue weighted by Crippen LogP contribution is -2.26. The Labute approximate surface area is 135 Å². The molecule has 0 saturated carbocycles. The highest BCUT2D eigenvalue weighted by atomic mass is 32.2.